The molecule has 0 aliphatic rings. The van der Waals surface area contributed by atoms with Crippen LogP contribution in [0.1, 0.15) is 26.3 Å². The van der Waals surface area contributed by atoms with Gasteiger partial charge < -0.3 is 30.0 Å². The fourth-order valence-electron chi connectivity index (χ4n) is 3.19. The van der Waals surface area contributed by atoms with Crippen LogP contribution in [0.5, 0.6) is 17.2 Å². The summed E-state index contributed by atoms with van der Waals surface area (Å²) in [6.07, 6.45) is -0.971. The van der Waals surface area contributed by atoms with Crippen LogP contribution in [0, 0.1) is 6.92 Å². The lowest BCUT2D eigenvalue weighted by Crippen LogP contribution is -2.35. The summed E-state index contributed by atoms with van der Waals surface area (Å²) in [5, 5.41) is 15.8. The molecule has 0 aromatic heterocycles. The molecule has 0 radical (unpaired) electrons. The standard InChI is InChI=1S/C26H28N2O6/c1-17-12-13-19(14-21(17)28-26(31)18-8-5-4-6-9-18)25(30)27-15-20(29)16-34-24-22(32-2)10-7-11-23(24)33-3/h4-14,20,29H,15-16H2,1-3H3,(H,27,30)(H,28,31). The Bertz CT molecular complexity index is 1110. The van der Waals surface area contributed by atoms with Crippen molar-refractivity contribution >= 4 is 17.5 Å². The summed E-state index contributed by atoms with van der Waals surface area (Å²) in [6, 6.07) is 19.0. The number of anilines is 1. The molecule has 0 heterocycles. The van der Waals surface area contributed by atoms with E-state index in [1.165, 1.54) is 14.2 Å². The number of hydrogen-bond acceptors (Lipinski definition) is 6. The van der Waals surface area contributed by atoms with Crippen molar-refractivity contribution in [2.45, 2.75) is 13.0 Å². The molecular formula is C26H28N2O6. The van der Waals surface area contributed by atoms with Gasteiger partial charge in [-0.25, -0.2) is 0 Å². The van der Waals surface area contributed by atoms with Gasteiger partial charge in [-0.1, -0.05) is 30.3 Å². The van der Waals surface area contributed by atoms with Crippen molar-refractivity contribution in [3.63, 3.8) is 0 Å². The number of hydrogen-bond donors (Lipinski definition) is 3. The van der Waals surface area contributed by atoms with Gasteiger partial charge in [0.25, 0.3) is 11.8 Å². The first-order valence-corrected chi connectivity index (χ1v) is 10.7. The summed E-state index contributed by atoms with van der Waals surface area (Å²) in [7, 11) is 3.02. The average molecular weight is 465 g/mol. The fraction of sp³-hybridized carbons (Fsp3) is 0.231. The quantitative estimate of drug-likeness (QED) is 0.425. The van der Waals surface area contributed by atoms with Gasteiger partial charge in [0, 0.05) is 23.4 Å². The molecule has 8 heteroatoms. The Balaban J connectivity index is 1.58. The number of rotatable bonds is 10. The van der Waals surface area contributed by atoms with E-state index in [1.807, 2.05) is 13.0 Å². The molecule has 3 N–H and O–H groups in total. The summed E-state index contributed by atoms with van der Waals surface area (Å²) in [4.78, 5) is 25.1. The number of amides is 2. The van der Waals surface area contributed by atoms with Gasteiger partial charge in [0.15, 0.2) is 11.5 Å². The molecule has 34 heavy (non-hydrogen) atoms. The first-order chi connectivity index (χ1) is 16.4. The Morgan fingerprint density at radius 2 is 1.56 bits per heavy atom. The minimum atomic E-state index is -0.971. The third-order valence-electron chi connectivity index (χ3n) is 5.08. The molecule has 178 valence electrons. The number of carbonyl (C=O) groups excluding carboxylic acids is 2. The van der Waals surface area contributed by atoms with Crippen molar-refractivity contribution in [2.24, 2.45) is 0 Å². The number of ether oxygens (including phenoxy) is 3. The first kappa shape index (κ1) is 24.6. The van der Waals surface area contributed by atoms with E-state index in [4.69, 9.17) is 14.2 Å². The Labute approximate surface area is 198 Å². The monoisotopic (exact) mass is 464 g/mol. The SMILES string of the molecule is COc1cccc(OC)c1OCC(O)CNC(=O)c1ccc(C)c(NC(=O)c2ccccc2)c1. The highest BCUT2D eigenvalue weighted by Crippen LogP contribution is 2.36. The lowest BCUT2D eigenvalue weighted by atomic mass is 10.1. The Hall–Kier alpha value is -4.04. The van der Waals surface area contributed by atoms with Gasteiger partial charge in [0.05, 0.1) is 14.2 Å². The third-order valence-corrected chi connectivity index (χ3v) is 5.08. The molecule has 0 aliphatic carbocycles. The van der Waals surface area contributed by atoms with Crippen LogP contribution in [0.15, 0.2) is 66.7 Å². The largest absolute Gasteiger partial charge is 0.493 e. The second-order valence-electron chi connectivity index (χ2n) is 7.52. The zero-order chi connectivity index (χ0) is 24.5. The van der Waals surface area contributed by atoms with Gasteiger partial charge in [-0.3, -0.25) is 9.59 Å². The number of benzene rings is 3. The van der Waals surface area contributed by atoms with E-state index in [2.05, 4.69) is 10.6 Å². The first-order valence-electron chi connectivity index (χ1n) is 10.7. The molecule has 0 bridgehead atoms. The average Bonchev–Trinajstić information content (AvgIpc) is 2.87. The number of para-hydroxylation sites is 1. The maximum atomic E-state index is 12.6. The molecular weight excluding hydrogens is 436 g/mol. The van der Waals surface area contributed by atoms with Crippen LogP contribution in [0.25, 0.3) is 0 Å². The molecule has 0 fully saturated rings. The van der Waals surface area contributed by atoms with Gasteiger partial charge >= 0.3 is 0 Å². The molecule has 3 aromatic carbocycles. The number of nitrogens with one attached hydrogen (secondary N) is 2. The second kappa shape index (κ2) is 11.7. The molecule has 3 aromatic rings. The zero-order valence-corrected chi connectivity index (χ0v) is 19.3. The van der Waals surface area contributed by atoms with Crippen molar-refractivity contribution < 1.29 is 28.9 Å². The van der Waals surface area contributed by atoms with E-state index in [0.29, 0.717) is 34.1 Å². The summed E-state index contributed by atoms with van der Waals surface area (Å²) in [6.45, 7) is 1.73. The molecule has 1 atom stereocenters. The van der Waals surface area contributed by atoms with Gasteiger partial charge in [0.2, 0.25) is 5.75 Å². The van der Waals surface area contributed by atoms with Crippen LogP contribution >= 0.6 is 0 Å². The Morgan fingerprint density at radius 3 is 2.21 bits per heavy atom. The highest BCUT2D eigenvalue weighted by molar-refractivity contribution is 6.05. The summed E-state index contributed by atoms with van der Waals surface area (Å²) in [5.41, 5.74) is 2.23. The molecule has 1 unspecified atom stereocenters. The number of aliphatic hydroxyl groups excluding tert-OH is 1. The minimum Gasteiger partial charge on any atom is -0.493 e. The third kappa shape index (κ3) is 6.26. The van der Waals surface area contributed by atoms with E-state index in [9.17, 15) is 14.7 Å². The lowest BCUT2D eigenvalue weighted by Gasteiger charge is -2.17. The Morgan fingerprint density at radius 1 is 0.882 bits per heavy atom. The maximum Gasteiger partial charge on any atom is 0.255 e. The number of methoxy groups -OCH3 is 2. The normalized spacial score (nSPS) is 11.3. The molecule has 3 rings (SSSR count). The topological polar surface area (TPSA) is 106 Å². The van der Waals surface area contributed by atoms with Gasteiger partial charge in [-0.05, 0) is 48.9 Å². The van der Waals surface area contributed by atoms with Crippen LogP contribution < -0.4 is 24.8 Å². The van der Waals surface area contributed by atoms with Crippen LogP contribution in [0.2, 0.25) is 0 Å². The Kier molecular flexibility index (Phi) is 8.48. The predicted molar refractivity (Wildman–Crippen MR) is 129 cm³/mol. The molecule has 2 amide bonds. The summed E-state index contributed by atoms with van der Waals surface area (Å²) in [5.74, 6) is 0.667. The van der Waals surface area contributed by atoms with Crippen molar-refractivity contribution in [1.29, 1.82) is 0 Å². The number of aryl methyl sites for hydroxylation is 1. The zero-order valence-electron chi connectivity index (χ0n) is 19.3. The molecule has 0 spiro atoms. The predicted octanol–water partition coefficient (Wildman–Crippen LogP) is 3.43. The fourth-order valence-corrected chi connectivity index (χ4v) is 3.19. The number of aliphatic hydroxyl groups is 1. The van der Waals surface area contributed by atoms with Crippen molar-refractivity contribution in [1.82, 2.24) is 5.32 Å². The van der Waals surface area contributed by atoms with Crippen LogP contribution in [0.3, 0.4) is 0 Å². The smallest absolute Gasteiger partial charge is 0.255 e. The molecule has 0 aliphatic heterocycles. The van der Waals surface area contributed by atoms with Gasteiger partial charge in [-0.15, -0.1) is 0 Å². The molecule has 8 nitrogen and oxygen atoms in total. The minimum absolute atomic E-state index is 0.0319. The van der Waals surface area contributed by atoms with Gasteiger partial charge in [-0.2, -0.15) is 0 Å². The van der Waals surface area contributed by atoms with E-state index in [-0.39, 0.29) is 25.0 Å². The lowest BCUT2D eigenvalue weighted by molar-refractivity contribution is 0.0833. The molecule has 0 saturated carbocycles. The van der Waals surface area contributed by atoms with Crippen molar-refractivity contribution in [3.05, 3.63) is 83.4 Å². The highest BCUT2D eigenvalue weighted by atomic mass is 16.5. The van der Waals surface area contributed by atoms with Crippen LogP contribution in [-0.4, -0.2) is 50.4 Å². The second-order valence-corrected chi connectivity index (χ2v) is 7.52. The van der Waals surface area contributed by atoms with Crippen molar-refractivity contribution in [3.8, 4) is 17.2 Å². The van der Waals surface area contributed by atoms with E-state index in [1.54, 1.807) is 60.7 Å². The van der Waals surface area contributed by atoms with E-state index < -0.39 is 6.10 Å². The highest BCUT2D eigenvalue weighted by Gasteiger charge is 2.16. The van der Waals surface area contributed by atoms with E-state index >= 15 is 0 Å². The summed E-state index contributed by atoms with van der Waals surface area (Å²) < 4.78 is 16.2. The number of carbonyl (C=O) groups is 2. The van der Waals surface area contributed by atoms with Gasteiger partial charge in [0.1, 0.15) is 12.7 Å². The summed E-state index contributed by atoms with van der Waals surface area (Å²) >= 11 is 0. The maximum absolute atomic E-state index is 12.6. The van der Waals surface area contributed by atoms with Crippen LogP contribution in [0.4, 0.5) is 5.69 Å². The van der Waals surface area contributed by atoms with E-state index in [0.717, 1.165) is 5.56 Å². The van der Waals surface area contributed by atoms with Crippen LogP contribution in [-0.2, 0) is 0 Å². The molecule has 0 saturated heterocycles. The van der Waals surface area contributed by atoms with Crippen molar-refractivity contribution in [2.75, 3.05) is 32.7 Å².